The van der Waals surface area contributed by atoms with Crippen molar-refractivity contribution in [3.05, 3.63) is 24.3 Å². The van der Waals surface area contributed by atoms with E-state index in [9.17, 15) is 0 Å². The molecule has 0 atom stereocenters. The molecule has 4 heteroatoms. The molecule has 0 radical (unpaired) electrons. The van der Waals surface area contributed by atoms with Gasteiger partial charge >= 0.3 is 0 Å². The summed E-state index contributed by atoms with van der Waals surface area (Å²) in [4.78, 5) is 0. The fourth-order valence-electron chi connectivity index (χ4n) is 0.565. The lowest BCUT2D eigenvalue weighted by atomic mass is 10.2. The van der Waals surface area contributed by atoms with E-state index in [1.807, 2.05) is 24.3 Å². The highest BCUT2D eigenvalue weighted by Gasteiger charge is 1.95. The first-order chi connectivity index (χ1) is 4.86. The molecule has 0 heterocycles. The van der Waals surface area contributed by atoms with E-state index >= 15 is 0 Å². The Hall–Kier alpha value is -0.220. The van der Waals surface area contributed by atoms with Crippen molar-refractivity contribution in [1.29, 1.82) is 0 Å². The normalized spacial score (nSPS) is 15.8. The van der Waals surface area contributed by atoms with Gasteiger partial charge in [0.2, 0.25) is 0 Å². The molecule has 0 aromatic carbocycles. The van der Waals surface area contributed by atoms with Crippen LogP contribution in [0, 0.1) is 0 Å². The van der Waals surface area contributed by atoms with Gasteiger partial charge in [-0.2, -0.15) is 0 Å². The van der Waals surface area contributed by atoms with Crippen molar-refractivity contribution in [2.24, 2.45) is 8.04 Å². The van der Waals surface area contributed by atoms with E-state index in [4.69, 9.17) is 0 Å². The summed E-state index contributed by atoms with van der Waals surface area (Å²) in [6.45, 7) is 0. The molecular formula is C6H4Br2N2. The predicted octanol–water partition coefficient (Wildman–Crippen LogP) is 2.61. The summed E-state index contributed by atoms with van der Waals surface area (Å²) in [7, 11) is 0. The van der Waals surface area contributed by atoms with Gasteiger partial charge in [0.15, 0.2) is 0 Å². The zero-order chi connectivity index (χ0) is 7.40. The lowest BCUT2D eigenvalue weighted by molar-refractivity contribution is 1.84. The molecule has 0 saturated heterocycles. The molecular weight excluding hydrogens is 260 g/mol. The molecule has 0 spiro atoms. The monoisotopic (exact) mass is 262 g/mol. The second-order valence-corrected chi connectivity index (χ2v) is 2.39. The molecule has 0 N–H and O–H groups in total. The first-order valence-corrected chi connectivity index (χ1v) is 4.03. The van der Waals surface area contributed by atoms with Crippen LogP contribution in [0.3, 0.4) is 0 Å². The maximum Gasteiger partial charge on any atom is 0.0740 e. The highest BCUT2D eigenvalue weighted by Crippen LogP contribution is 2.01. The van der Waals surface area contributed by atoms with Crippen LogP contribution in [0.4, 0.5) is 0 Å². The molecule has 0 aliphatic heterocycles. The lowest BCUT2D eigenvalue weighted by Gasteiger charge is -1.96. The quantitative estimate of drug-likeness (QED) is 0.601. The standard InChI is InChI=1S/C6H4Br2N2/c7-9-5-1-2-6(10-8)4-3-5/h1-4H. The molecule has 1 rings (SSSR count). The van der Waals surface area contributed by atoms with Crippen molar-refractivity contribution >= 4 is 43.7 Å². The molecule has 0 fully saturated rings. The van der Waals surface area contributed by atoms with E-state index in [1.165, 1.54) is 0 Å². The molecule has 0 amide bonds. The fourth-order valence-corrected chi connectivity index (χ4v) is 1.04. The molecule has 2 nitrogen and oxygen atoms in total. The van der Waals surface area contributed by atoms with Crippen LogP contribution in [0.15, 0.2) is 32.3 Å². The summed E-state index contributed by atoms with van der Waals surface area (Å²) in [5.74, 6) is 0. The van der Waals surface area contributed by atoms with Crippen LogP contribution in [-0.4, -0.2) is 11.4 Å². The maximum absolute atomic E-state index is 3.80. The molecule has 10 heavy (non-hydrogen) atoms. The predicted molar refractivity (Wildman–Crippen MR) is 51.0 cm³/mol. The Morgan fingerprint density at radius 2 is 1.10 bits per heavy atom. The molecule has 0 unspecified atom stereocenters. The minimum Gasteiger partial charge on any atom is -0.208 e. The summed E-state index contributed by atoms with van der Waals surface area (Å²) < 4.78 is 7.60. The number of nitrogens with zero attached hydrogens (tertiary/aromatic N) is 2. The molecule has 0 bridgehead atoms. The van der Waals surface area contributed by atoms with Crippen molar-refractivity contribution in [2.45, 2.75) is 0 Å². The topological polar surface area (TPSA) is 24.7 Å². The largest absolute Gasteiger partial charge is 0.208 e. The SMILES string of the molecule is BrN=C1C=CC(=NBr)C=C1. The van der Waals surface area contributed by atoms with E-state index in [-0.39, 0.29) is 0 Å². The van der Waals surface area contributed by atoms with Gasteiger partial charge in [-0.3, -0.25) is 0 Å². The van der Waals surface area contributed by atoms with E-state index in [0.717, 1.165) is 11.4 Å². The average molecular weight is 264 g/mol. The summed E-state index contributed by atoms with van der Waals surface area (Å²) in [6.07, 6.45) is 7.48. The summed E-state index contributed by atoms with van der Waals surface area (Å²) in [5.41, 5.74) is 1.78. The average Bonchev–Trinajstić information content (AvgIpc) is 2.05. The van der Waals surface area contributed by atoms with Gasteiger partial charge in [0.25, 0.3) is 0 Å². The zero-order valence-electron chi connectivity index (χ0n) is 4.96. The van der Waals surface area contributed by atoms with E-state index in [0.29, 0.717) is 0 Å². The Labute approximate surface area is 76.1 Å². The first-order valence-electron chi connectivity index (χ1n) is 2.61. The molecule has 1 aliphatic carbocycles. The third-order valence-electron chi connectivity index (χ3n) is 1.04. The van der Waals surface area contributed by atoms with Crippen molar-refractivity contribution in [3.63, 3.8) is 0 Å². The minimum atomic E-state index is 0.889. The molecule has 1 aliphatic rings. The smallest absolute Gasteiger partial charge is 0.0740 e. The summed E-state index contributed by atoms with van der Waals surface area (Å²) >= 11 is 5.97. The third-order valence-corrected chi connectivity index (χ3v) is 1.86. The van der Waals surface area contributed by atoms with Gasteiger partial charge in [0.05, 0.1) is 43.7 Å². The number of rotatable bonds is 0. The van der Waals surface area contributed by atoms with Crippen molar-refractivity contribution in [1.82, 2.24) is 0 Å². The van der Waals surface area contributed by atoms with Gasteiger partial charge < -0.3 is 0 Å². The molecule has 0 saturated carbocycles. The highest BCUT2D eigenvalue weighted by molar-refractivity contribution is 9.08. The first kappa shape index (κ1) is 7.88. The van der Waals surface area contributed by atoms with Gasteiger partial charge in [0.1, 0.15) is 0 Å². The number of hydrogen-bond donors (Lipinski definition) is 0. The third kappa shape index (κ3) is 1.88. The Kier molecular flexibility index (Phi) is 3.02. The summed E-state index contributed by atoms with van der Waals surface area (Å²) in [6, 6.07) is 0. The zero-order valence-corrected chi connectivity index (χ0v) is 8.13. The molecule has 52 valence electrons. The van der Waals surface area contributed by atoms with E-state index in [1.54, 1.807) is 0 Å². The van der Waals surface area contributed by atoms with Crippen molar-refractivity contribution in [3.8, 4) is 0 Å². The van der Waals surface area contributed by atoms with Crippen molar-refractivity contribution < 1.29 is 0 Å². The van der Waals surface area contributed by atoms with Gasteiger partial charge in [-0.25, -0.2) is 8.04 Å². The van der Waals surface area contributed by atoms with Crippen LogP contribution in [0.25, 0.3) is 0 Å². The van der Waals surface area contributed by atoms with Gasteiger partial charge in [-0.15, -0.1) is 0 Å². The van der Waals surface area contributed by atoms with Crippen molar-refractivity contribution in [2.75, 3.05) is 0 Å². The second-order valence-electron chi connectivity index (χ2n) is 1.69. The van der Waals surface area contributed by atoms with Gasteiger partial charge in [-0.1, -0.05) is 0 Å². The molecule has 0 aromatic rings. The second kappa shape index (κ2) is 3.83. The minimum absolute atomic E-state index is 0.889. The van der Waals surface area contributed by atoms with E-state index in [2.05, 4.69) is 40.3 Å². The van der Waals surface area contributed by atoms with Crippen LogP contribution in [0.2, 0.25) is 0 Å². The van der Waals surface area contributed by atoms with Crippen LogP contribution in [-0.2, 0) is 0 Å². The fraction of sp³-hybridized carbons (Fsp3) is 0. The lowest BCUT2D eigenvalue weighted by Crippen LogP contribution is -1.97. The van der Waals surface area contributed by atoms with Crippen LogP contribution in [0.1, 0.15) is 0 Å². The van der Waals surface area contributed by atoms with Gasteiger partial charge in [0, 0.05) is 0 Å². The number of hydrogen-bond acceptors (Lipinski definition) is 2. The highest BCUT2D eigenvalue weighted by atomic mass is 79.9. The Bertz CT molecular complexity index is 196. The van der Waals surface area contributed by atoms with Gasteiger partial charge in [-0.05, 0) is 24.3 Å². The number of halogens is 2. The van der Waals surface area contributed by atoms with E-state index < -0.39 is 0 Å². The Morgan fingerprint density at radius 3 is 1.30 bits per heavy atom. The maximum atomic E-state index is 3.80. The Morgan fingerprint density at radius 1 is 0.800 bits per heavy atom. The van der Waals surface area contributed by atoms with Crippen LogP contribution < -0.4 is 0 Å². The Balaban J connectivity index is 2.81. The summed E-state index contributed by atoms with van der Waals surface area (Å²) in [5, 5.41) is 0. The van der Waals surface area contributed by atoms with Crippen LogP contribution in [0.5, 0.6) is 0 Å². The van der Waals surface area contributed by atoms with Crippen LogP contribution >= 0.6 is 32.3 Å². The molecule has 0 aromatic heterocycles. The number of allylic oxidation sites excluding steroid dienone is 4.